The van der Waals surface area contributed by atoms with Crippen molar-refractivity contribution in [2.24, 2.45) is 5.73 Å². The Labute approximate surface area is 194 Å². The summed E-state index contributed by atoms with van der Waals surface area (Å²) < 4.78 is 42.8. The molecule has 2 N–H and O–H groups in total. The van der Waals surface area contributed by atoms with Gasteiger partial charge in [0.1, 0.15) is 23.2 Å². The molecule has 1 aromatic carbocycles. The predicted octanol–water partition coefficient (Wildman–Crippen LogP) is 2.81. The van der Waals surface area contributed by atoms with Crippen LogP contribution >= 0.6 is 0 Å². The van der Waals surface area contributed by atoms with Gasteiger partial charge in [-0.15, -0.1) is 0 Å². The number of nitrogens with zero attached hydrogens (tertiary/aromatic N) is 3. The van der Waals surface area contributed by atoms with Crippen molar-refractivity contribution in [3.8, 4) is 11.3 Å². The highest BCUT2D eigenvalue weighted by Gasteiger charge is 2.29. The van der Waals surface area contributed by atoms with E-state index in [0.717, 1.165) is 17.7 Å². The van der Waals surface area contributed by atoms with Gasteiger partial charge in [0.25, 0.3) is 0 Å². The lowest BCUT2D eigenvalue weighted by Gasteiger charge is -2.32. The molecule has 34 heavy (non-hydrogen) atoms. The van der Waals surface area contributed by atoms with Crippen molar-refractivity contribution in [3.63, 3.8) is 0 Å². The second kappa shape index (κ2) is 9.62. The summed E-state index contributed by atoms with van der Waals surface area (Å²) in [6.45, 7) is 2.87. The number of pyridine rings is 1. The zero-order chi connectivity index (χ0) is 24.4. The second-order valence-electron chi connectivity index (χ2n) is 8.19. The van der Waals surface area contributed by atoms with E-state index in [4.69, 9.17) is 15.2 Å². The van der Waals surface area contributed by atoms with E-state index in [1.54, 1.807) is 10.6 Å². The van der Waals surface area contributed by atoms with Crippen molar-refractivity contribution in [3.05, 3.63) is 64.6 Å². The van der Waals surface area contributed by atoms with Crippen LogP contribution in [0.4, 0.5) is 13.6 Å². The number of carbonyl (C=O) groups is 1. The first-order chi connectivity index (χ1) is 16.3. The Morgan fingerprint density at radius 2 is 2.06 bits per heavy atom. The van der Waals surface area contributed by atoms with Crippen LogP contribution in [0.1, 0.15) is 16.8 Å². The molecule has 0 unspecified atom stereocenters. The maximum absolute atomic E-state index is 15.2. The predicted molar refractivity (Wildman–Crippen MR) is 120 cm³/mol. The Bertz CT molecular complexity index is 1280. The van der Waals surface area contributed by atoms with Gasteiger partial charge in [-0.05, 0) is 42.3 Å². The molecule has 1 atom stereocenters. The summed E-state index contributed by atoms with van der Waals surface area (Å²) in [5.74, 6) is -0.122. The number of carbonyl (C=O) groups excluding carboxylic acids is 2. The molecule has 3 heterocycles. The Hall–Kier alpha value is -3.75. The molecule has 0 bridgehead atoms. The van der Waals surface area contributed by atoms with Crippen LogP contribution in [0.3, 0.4) is 0 Å². The number of morpholine rings is 1. The van der Waals surface area contributed by atoms with Crippen LogP contribution in [0.2, 0.25) is 0 Å². The smallest absolute Gasteiger partial charge is 0.409 e. The van der Waals surface area contributed by atoms with Crippen LogP contribution in [0.5, 0.6) is 0 Å². The zero-order valence-electron chi connectivity index (χ0n) is 18.8. The minimum atomic E-state index is -0.823. The summed E-state index contributed by atoms with van der Waals surface area (Å²) in [5, 5.41) is 0. The molecule has 10 heteroatoms. The number of amides is 1. The number of aromatic nitrogens is 2. The van der Waals surface area contributed by atoms with Crippen LogP contribution < -0.4 is 5.73 Å². The number of nitrogens with two attached hydrogens (primary N) is 1. The summed E-state index contributed by atoms with van der Waals surface area (Å²) in [4.78, 5) is 28.7. The summed E-state index contributed by atoms with van der Waals surface area (Å²) in [5.41, 5.74) is 7.41. The number of imidazole rings is 1. The number of rotatable bonds is 5. The molecule has 8 nitrogen and oxygen atoms in total. The molecular formula is C24H24F2N4O4. The van der Waals surface area contributed by atoms with Crippen LogP contribution in [0.15, 0.2) is 36.2 Å². The van der Waals surface area contributed by atoms with E-state index in [-0.39, 0.29) is 41.9 Å². The van der Waals surface area contributed by atoms with Gasteiger partial charge in [-0.3, -0.25) is 0 Å². The van der Waals surface area contributed by atoms with E-state index in [9.17, 15) is 9.59 Å². The lowest BCUT2D eigenvalue weighted by atomic mass is 10.0. The van der Waals surface area contributed by atoms with Crippen molar-refractivity contribution in [2.75, 3.05) is 26.8 Å². The van der Waals surface area contributed by atoms with Gasteiger partial charge in [0.2, 0.25) is 0 Å². The molecule has 4 rings (SSSR count). The highest BCUT2D eigenvalue weighted by Crippen LogP contribution is 2.32. The number of aryl methyl sites for hydroxylation is 1. The minimum absolute atomic E-state index is 0.117. The number of allylic oxidation sites excluding steroid dienone is 1. The number of benzene rings is 1. The first kappa shape index (κ1) is 23.4. The summed E-state index contributed by atoms with van der Waals surface area (Å²) in [7, 11) is 1.31. The topological polar surface area (TPSA) is 99.2 Å². The Balaban J connectivity index is 1.77. The zero-order valence-corrected chi connectivity index (χ0v) is 18.8. The number of hydrogen-bond acceptors (Lipinski definition) is 6. The summed E-state index contributed by atoms with van der Waals surface area (Å²) >= 11 is 0. The quantitative estimate of drug-likeness (QED) is 0.576. The fourth-order valence-electron chi connectivity index (χ4n) is 4.16. The van der Waals surface area contributed by atoms with Crippen LogP contribution in [-0.2, 0) is 27.1 Å². The van der Waals surface area contributed by atoms with E-state index in [1.165, 1.54) is 18.0 Å². The summed E-state index contributed by atoms with van der Waals surface area (Å²) in [6.07, 6.45) is 1.05. The Morgan fingerprint density at radius 3 is 2.74 bits per heavy atom. The molecule has 3 aromatic rings. The van der Waals surface area contributed by atoms with Crippen molar-refractivity contribution < 1.29 is 27.8 Å². The maximum Gasteiger partial charge on any atom is 0.409 e. The number of ether oxygens (including phenoxy) is 2. The van der Waals surface area contributed by atoms with E-state index in [1.807, 2.05) is 19.1 Å². The molecule has 1 aliphatic rings. The largest absolute Gasteiger partial charge is 0.453 e. The van der Waals surface area contributed by atoms with E-state index >= 15 is 8.78 Å². The number of hydrogen-bond donors (Lipinski definition) is 1. The Kier molecular flexibility index (Phi) is 6.63. The molecule has 1 saturated heterocycles. The van der Waals surface area contributed by atoms with Gasteiger partial charge >= 0.3 is 6.09 Å². The van der Waals surface area contributed by atoms with Crippen molar-refractivity contribution in [2.45, 2.75) is 25.9 Å². The molecule has 0 spiro atoms. The summed E-state index contributed by atoms with van der Waals surface area (Å²) in [6, 6.07) is 5.96. The van der Waals surface area contributed by atoms with Crippen LogP contribution in [0, 0.1) is 18.6 Å². The highest BCUT2D eigenvalue weighted by molar-refractivity contribution is 5.69. The molecule has 1 aliphatic heterocycles. The fraction of sp³-hybridized carbons (Fsp3) is 0.333. The molecule has 1 amide bonds. The van der Waals surface area contributed by atoms with E-state index in [2.05, 4.69) is 4.98 Å². The molecule has 178 valence electrons. The molecule has 0 aliphatic carbocycles. The molecule has 1 fully saturated rings. The van der Waals surface area contributed by atoms with Gasteiger partial charge in [0, 0.05) is 25.6 Å². The first-order valence-corrected chi connectivity index (χ1v) is 10.7. The minimum Gasteiger partial charge on any atom is -0.453 e. The van der Waals surface area contributed by atoms with E-state index < -0.39 is 23.8 Å². The third-order valence-electron chi connectivity index (χ3n) is 5.74. The third-order valence-corrected chi connectivity index (χ3v) is 5.74. The second-order valence-corrected chi connectivity index (χ2v) is 8.19. The van der Waals surface area contributed by atoms with Gasteiger partial charge in [-0.25, -0.2) is 23.4 Å². The van der Waals surface area contributed by atoms with Gasteiger partial charge in [0.15, 0.2) is 0 Å². The van der Waals surface area contributed by atoms with Gasteiger partial charge in [0.05, 0.1) is 49.0 Å². The van der Waals surface area contributed by atoms with Gasteiger partial charge in [-0.1, -0.05) is 0 Å². The van der Waals surface area contributed by atoms with Gasteiger partial charge < -0.3 is 24.5 Å². The van der Waals surface area contributed by atoms with Gasteiger partial charge in [-0.2, -0.15) is 0 Å². The Morgan fingerprint density at radius 1 is 1.32 bits per heavy atom. The van der Waals surface area contributed by atoms with Crippen molar-refractivity contribution in [1.82, 2.24) is 14.3 Å². The normalized spacial score (nSPS) is 15.9. The number of fused-ring (bicyclic) bond motifs is 1. The monoisotopic (exact) mass is 470 g/mol. The SMILES string of the molecule is COC(=O)N1CCO[C@@H](Cc2c(-c3c(F)cc(CC(N)=C=O)cc3F)nc3cc(C)ccn23)C1. The molecule has 0 radical (unpaired) electrons. The maximum atomic E-state index is 15.2. The molecule has 2 aromatic heterocycles. The van der Waals surface area contributed by atoms with Crippen LogP contribution in [0.25, 0.3) is 16.9 Å². The lowest BCUT2D eigenvalue weighted by molar-refractivity contribution is -0.0241. The average Bonchev–Trinajstić information content (AvgIpc) is 3.14. The van der Waals surface area contributed by atoms with Crippen molar-refractivity contribution in [1.29, 1.82) is 0 Å². The standard InChI is InChI=1S/C24H24F2N4O4/c1-14-3-4-30-20(11-17-12-29(5-6-34-17)24(32)33-2)23(28-21(30)7-14)22-18(25)9-15(10-19(22)26)8-16(27)13-31/h3-4,7,9-10,17H,5-6,8,11-12,27H2,1-2H3/t17-/m0/s1. The molecular weight excluding hydrogens is 446 g/mol. The number of methoxy groups -OCH3 is 1. The number of halogens is 2. The fourth-order valence-corrected chi connectivity index (χ4v) is 4.16. The van der Waals surface area contributed by atoms with E-state index in [0.29, 0.717) is 24.5 Å². The average molecular weight is 470 g/mol. The first-order valence-electron chi connectivity index (χ1n) is 10.7. The third kappa shape index (κ3) is 4.64. The molecule has 0 saturated carbocycles. The van der Waals surface area contributed by atoms with Crippen LogP contribution in [-0.4, -0.2) is 59.2 Å². The highest BCUT2D eigenvalue weighted by atomic mass is 19.1. The lowest BCUT2D eigenvalue weighted by Crippen LogP contribution is -2.46. The van der Waals surface area contributed by atoms with Crippen molar-refractivity contribution >= 4 is 17.7 Å².